The van der Waals surface area contributed by atoms with Crippen molar-refractivity contribution >= 4 is 61.2 Å². The fourth-order valence-electron chi connectivity index (χ4n) is 10.9. The smallest absolute Gasteiger partial charge is 0.410 e. The number of fused-ring (bicyclic) bond motifs is 4. The van der Waals surface area contributed by atoms with Crippen molar-refractivity contribution in [1.29, 1.82) is 0 Å². The Bertz CT molecular complexity index is 2680. The van der Waals surface area contributed by atoms with Gasteiger partial charge in [0.05, 0.1) is 23.6 Å². The van der Waals surface area contributed by atoms with Gasteiger partial charge in [0.1, 0.15) is 46.6 Å². The molecule has 8 rings (SSSR count). The molecule has 4 aliphatic heterocycles. The van der Waals surface area contributed by atoms with Crippen molar-refractivity contribution in [3.05, 3.63) is 70.8 Å². The molecule has 2 aromatic rings. The van der Waals surface area contributed by atoms with Crippen LogP contribution in [-0.4, -0.2) is 138 Å². The molecule has 0 spiro atoms. The van der Waals surface area contributed by atoms with E-state index in [0.717, 1.165) is 54.6 Å². The van der Waals surface area contributed by atoms with Crippen molar-refractivity contribution < 1.29 is 55.1 Å². The Labute approximate surface area is 429 Å². The minimum atomic E-state index is -3.73. The Kier molecular flexibility index (Phi) is 17.0. The van der Waals surface area contributed by atoms with Crippen LogP contribution in [0.15, 0.2) is 48.5 Å². The van der Waals surface area contributed by atoms with Crippen molar-refractivity contribution in [3.63, 3.8) is 0 Å². The SMILES string of the molecule is CC[C@@H](C)C(=O)N[C@H]1CCS(=O)(=O)[C@H]2CC[C@@H](C(=O)N[C@@H]3CCCc4ccccc43)N2C1=O.C[C@@H](C(=O)N[C@H]1CCS(=O)(=O)[C@H]2CC[C@H](C(=O)N[C@@H]3CCCc4ccccc43)N2C1=O)N(C)C(=O)OC(C)(C)C. The predicted molar refractivity (Wildman–Crippen MR) is 271 cm³/mol. The maximum Gasteiger partial charge on any atom is 0.410 e. The quantitative estimate of drug-likeness (QED) is 0.264. The summed E-state index contributed by atoms with van der Waals surface area (Å²) < 4.78 is 57.5. The minimum Gasteiger partial charge on any atom is -0.444 e. The Morgan fingerprint density at radius 3 is 1.48 bits per heavy atom. The van der Waals surface area contributed by atoms with Crippen molar-refractivity contribution in [1.82, 2.24) is 36.0 Å². The van der Waals surface area contributed by atoms with Crippen LogP contribution in [0.2, 0.25) is 0 Å². The summed E-state index contributed by atoms with van der Waals surface area (Å²) in [6, 6.07) is 10.7. The van der Waals surface area contributed by atoms with Crippen molar-refractivity contribution in [3.8, 4) is 0 Å². The largest absolute Gasteiger partial charge is 0.444 e. The Morgan fingerprint density at radius 2 is 1.05 bits per heavy atom. The Morgan fingerprint density at radius 1 is 0.630 bits per heavy atom. The average Bonchev–Trinajstić information content (AvgIpc) is 3.99. The number of ether oxygens (including phenoxy) is 1. The number of rotatable bonds is 10. The third-order valence-corrected chi connectivity index (χ3v) is 19.5. The predicted octanol–water partition coefficient (Wildman–Crippen LogP) is 3.90. The van der Waals surface area contributed by atoms with E-state index in [1.54, 1.807) is 27.7 Å². The van der Waals surface area contributed by atoms with Gasteiger partial charge in [-0.15, -0.1) is 0 Å². The summed E-state index contributed by atoms with van der Waals surface area (Å²) in [5, 5.41) is 9.40. The highest BCUT2D eigenvalue weighted by Gasteiger charge is 2.53. The molecule has 0 bridgehead atoms. The Balaban J connectivity index is 0.000000218. The zero-order valence-corrected chi connectivity index (χ0v) is 44.7. The number of aryl methyl sites for hydroxylation is 2. The molecule has 2 aliphatic carbocycles. The summed E-state index contributed by atoms with van der Waals surface area (Å²) in [5.41, 5.74) is 3.75. The molecule has 19 nitrogen and oxygen atoms in total. The van der Waals surface area contributed by atoms with Gasteiger partial charge in [-0.1, -0.05) is 62.4 Å². The first-order valence-electron chi connectivity index (χ1n) is 25.8. The van der Waals surface area contributed by atoms with Gasteiger partial charge in [-0.3, -0.25) is 33.7 Å². The number of carbonyl (C=O) groups excluding carboxylic acids is 7. The number of likely N-dealkylation sites (N-methyl/N-ethyl adjacent to an activating group) is 1. The third-order valence-electron chi connectivity index (χ3n) is 15.3. The van der Waals surface area contributed by atoms with E-state index in [0.29, 0.717) is 12.8 Å². The number of sulfone groups is 2. The number of carbonyl (C=O) groups is 7. The fraction of sp³-hybridized carbons (Fsp3) is 0.635. The van der Waals surface area contributed by atoms with E-state index in [-0.39, 0.29) is 73.4 Å². The molecular weight excluding hydrogens is 979 g/mol. The summed E-state index contributed by atoms with van der Waals surface area (Å²) in [7, 11) is -5.91. The molecule has 73 heavy (non-hydrogen) atoms. The highest BCUT2D eigenvalue weighted by molar-refractivity contribution is 7.92. The van der Waals surface area contributed by atoms with Crippen molar-refractivity contribution in [2.24, 2.45) is 5.92 Å². The van der Waals surface area contributed by atoms with Crippen LogP contribution in [0.3, 0.4) is 0 Å². The van der Waals surface area contributed by atoms with Crippen LogP contribution in [0.5, 0.6) is 0 Å². The van der Waals surface area contributed by atoms with Crippen LogP contribution in [-0.2, 0) is 66.0 Å². The number of nitrogens with one attached hydrogen (secondary N) is 4. The highest BCUT2D eigenvalue weighted by atomic mass is 32.2. The van der Waals surface area contributed by atoms with Gasteiger partial charge in [0.2, 0.25) is 35.4 Å². The van der Waals surface area contributed by atoms with E-state index >= 15 is 0 Å². The maximum absolute atomic E-state index is 13.7. The van der Waals surface area contributed by atoms with E-state index in [4.69, 9.17) is 4.74 Å². The highest BCUT2D eigenvalue weighted by Crippen LogP contribution is 2.37. The standard InChI is InChI=1S/C28H40N4O7S.C24H33N3O5S/c1-17(31(5)27(36)39-28(2,3)4)24(33)30-21-15-16-40(37,38)23-14-13-22(32(23)26(21)35)25(34)29-20-12-8-10-18-9-6-7-11-19(18)20;1-3-15(2)22(28)26-19-13-14-33(31,32)21-12-11-20(27(21)24(19)30)23(29)25-18-10-6-8-16-7-4-5-9-17(16)18/h6-7,9,11,17,20-23H,8,10,12-16H2,1-5H3,(H,29,34)(H,30,33);4-5,7,9,15,18-21H,3,6,8,10-14H2,1-2H3,(H,25,29)(H,26,28)/t17-,20+,21-,22+,23-;15-,18-,19+,20+,21+/m01/s1. The number of nitrogens with zero attached hydrogens (tertiary/aromatic N) is 3. The number of benzene rings is 2. The molecule has 0 aromatic heterocycles. The molecule has 6 aliphatic rings. The Hall–Kier alpha value is -5.57. The average molecular weight is 1050 g/mol. The summed E-state index contributed by atoms with van der Waals surface area (Å²) in [6.07, 6.45) is 6.05. The van der Waals surface area contributed by atoms with Gasteiger partial charge in [-0.25, -0.2) is 21.6 Å². The summed E-state index contributed by atoms with van der Waals surface area (Å²) in [6.45, 7) is 10.3. The van der Waals surface area contributed by atoms with Crippen molar-refractivity contribution in [2.75, 3.05) is 18.6 Å². The molecule has 0 saturated carbocycles. The summed E-state index contributed by atoms with van der Waals surface area (Å²) in [4.78, 5) is 95.5. The zero-order chi connectivity index (χ0) is 53.2. The lowest BCUT2D eigenvalue weighted by atomic mass is 9.87. The summed E-state index contributed by atoms with van der Waals surface area (Å²) in [5.74, 6) is -3.45. The molecule has 10 atom stereocenters. The second-order valence-corrected chi connectivity index (χ2v) is 26.0. The molecule has 400 valence electrons. The summed E-state index contributed by atoms with van der Waals surface area (Å²) >= 11 is 0. The van der Waals surface area contributed by atoms with Crippen LogP contribution >= 0.6 is 0 Å². The van der Waals surface area contributed by atoms with Crippen LogP contribution < -0.4 is 21.3 Å². The molecule has 21 heteroatoms. The van der Waals surface area contributed by atoms with Gasteiger partial charge >= 0.3 is 6.09 Å². The van der Waals surface area contributed by atoms with Gasteiger partial charge < -0.3 is 35.8 Å². The number of amides is 7. The molecule has 0 unspecified atom stereocenters. The normalized spacial score (nSPS) is 27.8. The number of hydrogen-bond donors (Lipinski definition) is 4. The van der Waals surface area contributed by atoms with Gasteiger partial charge in [-0.2, -0.15) is 0 Å². The first-order valence-corrected chi connectivity index (χ1v) is 29.3. The fourth-order valence-corrected chi connectivity index (χ4v) is 14.7. The molecule has 4 heterocycles. The molecule has 4 N–H and O–H groups in total. The second kappa shape index (κ2) is 22.5. The van der Waals surface area contributed by atoms with Crippen LogP contribution in [0, 0.1) is 5.92 Å². The van der Waals surface area contributed by atoms with E-state index in [1.165, 1.54) is 34.9 Å². The first-order chi connectivity index (χ1) is 34.4. The lowest BCUT2D eigenvalue weighted by Gasteiger charge is -2.33. The van der Waals surface area contributed by atoms with Crippen molar-refractivity contribution in [2.45, 2.75) is 184 Å². The topological polar surface area (TPSA) is 255 Å². The van der Waals surface area contributed by atoms with E-state index in [1.807, 2.05) is 49.4 Å². The van der Waals surface area contributed by atoms with E-state index in [9.17, 15) is 50.4 Å². The van der Waals surface area contributed by atoms with E-state index in [2.05, 4.69) is 27.3 Å². The molecule has 7 amide bonds. The van der Waals surface area contributed by atoms with Gasteiger partial charge in [0.25, 0.3) is 0 Å². The molecule has 4 fully saturated rings. The monoisotopic (exact) mass is 1050 g/mol. The molecule has 2 aromatic carbocycles. The molecule has 0 radical (unpaired) electrons. The number of hydrogen-bond acceptors (Lipinski definition) is 12. The van der Waals surface area contributed by atoms with Crippen LogP contribution in [0.25, 0.3) is 0 Å². The lowest BCUT2D eigenvalue weighted by molar-refractivity contribution is -0.142. The van der Waals surface area contributed by atoms with Gasteiger partial charge in [-0.05, 0) is 133 Å². The molecular formula is C52H73N7O12S2. The zero-order valence-electron chi connectivity index (χ0n) is 43.1. The lowest BCUT2D eigenvalue weighted by Crippen LogP contribution is -2.57. The second-order valence-electron chi connectivity index (χ2n) is 21.4. The first kappa shape index (κ1) is 55.2. The van der Waals surface area contributed by atoms with Crippen LogP contribution in [0.1, 0.15) is 147 Å². The van der Waals surface area contributed by atoms with Gasteiger partial charge in [0.15, 0.2) is 19.7 Å². The maximum atomic E-state index is 13.7. The molecule has 4 saturated heterocycles. The third kappa shape index (κ3) is 12.3. The minimum absolute atomic E-state index is 0.0285. The van der Waals surface area contributed by atoms with E-state index < -0.39 is 96.0 Å². The van der Waals surface area contributed by atoms with Gasteiger partial charge in [0, 0.05) is 13.0 Å². The van der Waals surface area contributed by atoms with Crippen LogP contribution in [0.4, 0.5) is 4.79 Å².